The van der Waals surface area contributed by atoms with Crippen molar-refractivity contribution in [3.8, 4) is 11.3 Å². The Labute approximate surface area is 169 Å². The van der Waals surface area contributed by atoms with Gasteiger partial charge < -0.3 is 10.2 Å². The number of aryl methyl sites for hydroxylation is 1. The van der Waals surface area contributed by atoms with Gasteiger partial charge in [-0.15, -0.1) is 0 Å². The van der Waals surface area contributed by atoms with Crippen LogP contribution in [0.4, 0.5) is 10.5 Å². The number of aromatic amines is 1. The molecule has 4 aromatic rings. The summed E-state index contributed by atoms with van der Waals surface area (Å²) >= 11 is 0. The number of carbonyl (C=O) groups is 1. The van der Waals surface area contributed by atoms with E-state index in [1.807, 2.05) is 60.7 Å². The lowest BCUT2D eigenvalue weighted by atomic mass is 10.1. The summed E-state index contributed by atoms with van der Waals surface area (Å²) < 4.78 is 0. The molecule has 0 unspecified atom stereocenters. The fourth-order valence-corrected chi connectivity index (χ4v) is 3.27. The molecule has 2 aromatic heterocycles. The standard InChI is InChI=1S/C23H23N5O/c1-28(23(29)25-20-13-5-10-18-11-6-14-24-22(18)20)15-7-12-19-16-21(27-26-19)17-8-3-2-4-9-17/h2-6,8-11,13-14,16H,7,12,15H2,1H3,(H,25,29)(H,26,27). The molecule has 2 heterocycles. The van der Waals surface area contributed by atoms with E-state index in [0.717, 1.165) is 46.4 Å². The number of nitrogens with one attached hydrogen (secondary N) is 2. The quantitative estimate of drug-likeness (QED) is 0.504. The zero-order chi connectivity index (χ0) is 20.1. The maximum absolute atomic E-state index is 12.6. The molecular weight excluding hydrogens is 362 g/mol. The van der Waals surface area contributed by atoms with Crippen molar-refractivity contribution < 1.29 is 4.79 Å². The molecule has 0 saturated heterocycles. The van der Waals surface area contributed by atoms with Gasteiger partial charge in [-0.25, -0.2) is 4.79 Å². The second kappa shape index (κ2) is 8.56. The summed E-state index contributed by atoms with van der Waals surface area (Å²) in [5.41, 5.74) is 4.62. The maximum Gasteiger partial charge on any atom is 0.321 e. The van der Waals surface area contributed by atoms with Crippen LogP contribution in [0.3, 0.4) is 0 Å². The van der Waals surface area contributed by atoms with Crippen LogP contribution in [-0.2, 0) is 6.42 Å². The lowest BCUT2D eigenvalue weighted by Crippen LogP contribution is -2.32. The monoisotopic (exact) mass is 385 g/mol. The largest absolute Gasteiger partial charge is 0.328 e. The summed E-state index contributed by atoms with van der Waals surface area (Å²) in [7, 11) is 1.80. The SMILES string of the molecule is CN(CCCc1cc(-c2ccccc2)n[nH]1)C(=O)Nc1cccc2cccnc12. The van der Waals surface area contributed by atoms with E-state index < -0.39 is 0 Å². The van der Waals surface area contributed by atoms with Crippen molar-refractivity contribution in [2.45, 2.75) is 12.8 Å². The van der Waals surface area contributed by atoms with E-state index in [1.165, 1.54) is 0 Å². The minimum atomic E-state index is -0.141. The average Bonchev–Trinajstić information content (AvgIpc) is 3.23. The van der Waals surface area contributed by atoms with Crippen LogP contribution in [0.1, 0.15) is 12.1 Å². The van der Waals surface area contributed by atoms with Crippen molar-refractivity contribution in [1.82, 2.24) is 20.1 Å². The number of aromatic nitrogens is 3. The van der Waals surface area contributed by atoms with E-state index in [9.17, 15) is 4.79 Å². The van der Waals surface area contributed by atoms with E-state index >= 15 is 0 Å². The van der Waals surface area contributed by atoms with Crippen molar-refractivity contribution in [1.29, 1.82) is 0 Å². The molecule has 0 atom stereocenters. The number of H-pyrrole nitrogens is 1. The number of hydrogen-bond donors (Lipinski definition) is 2. The van der Waals surface area contributed by atoms with E-state index in [0.29, 0.717) is 6.54 Å². The van der Waals surface area contributed by atoms with Gasteiger partial charge in [0.05, 0.1) is 16.9 Å². The van der Waals surface area contributed by atoms with Gasteiger partial charge in [-0.05, 0) is 31.0 Å². The lowest BCUT2D eigenvalue weighted by molar-refractivity contribution is 0.222. The first-order chi connectivity index (χ1) is 14.2. The highest BCUT2D eigenvalue weighted by molar-refractivity contribution is 5.99. The Kier molecular flexibility index (Phi) is 5.52. The highest BCUT2D eigenvalue weighted by Crippen LogP contribution is 2.21. The molecule has 4 rings (SSSR count). The smallest absolute Gasteiger partial charge is 0.321 e. The zero-order valence-electron chi connectivity index (χ0n) is 16.3. The van der Waals surface area contributed by atoms with E-state index in [1.54, 1.807) is 18.1 Å². The second-order valence-corrected chi connectivity index (χ2v) is 6.98. The Morgan fingerprint density at radius 3 is 2.76 bits per heavy atom. The van der Waals surface area contributed by atoms with Gasteiger partial charge >= 0.3 is 6.03 Å². The number of amides is 2. The van der Waals surface area contributed by atoms with Gasteiger partial charge in [0.1, 0.15) is 0 Å². The summed E-state index contributed by atoms with van der Waals surface area (Å²) in [5, 5.41) is 11.4. The minimum absolute atomic E-state index is 0.141. The average molecular weight is 385 g/mol. The van der Waals surface area contributed by atoms with Crippen molar-refractivity contribution >= 4 is 22.6 Å². The molecule has 2 N–H and O–H groups in total. The normalized spacial score (nSPS) is 10.8. The summed E-state index contributed by atoms with van der Waals surface area (Å²) in [4.78, 5) is 18.6. The highest BCUT2D eigenvalue weighted by Gasteiger charge is 2.11. The molecule has 2 aromatic carbocycles. The van der Waals surface area contributed by atoms with Crippen LogP contribution < -0.4 is 5.32 Å². The first-order valence-corrected chi connectivity index (χ1v) is 9.66. The third-order valence-electron chi connectivity index (χ3n) is 4.86. The van der Waals surface area contributed by atoms with Gasteiger partial charge in [-0.2, -0.15) is 5.10 Å². The molecule has 0 spiro atoms. The number of para-hydroxylation sites is 1. The Morgan fingerprint density at radius 1 is 1.07 bits per heavy atom. The van der Waals surface area contributed by atoms with Crippen LogP contribution in [0.2, 0.25) is 0 Å². The molecular formula is C23H23N5O. The number of benzene rings is 2. The number of pyridine rings is 1. The number of rotatable bonds is 6. The number of fused-ring (bicyclic) bond motifs is 1. The van der Waals surface area contributed by atoms with Gasteiger partial charge in [-0.3, -0.25) is 10.1 Å². The maximum atomic E-state index is 12.6. The Hall–Kier alpha value is -3.67. The summed E-state index contributed by atoms with van der Waals surface area (Å²) in [6.45, 7) is 0.643. The van der Waals surface area contributed by atoms with Crippen LogP contribution in [-0.4, -0.2) is 39.7 Å². The first kappa shape index (κ1) is 18.7. The van der Waals surface area contributed by atoms with Gasteiger partial charge in [0.2, 0.25) is 0 Å². The predicted molar refractivity (Wildman–Crippen MR) is 116 cm³/mol. The molecule has 0 aliphatic heterocycles. The Bertz CT molecular complexity index is 1100. The third kappa shape index (κ3) is 4.43. The lowest BCUT2D eigenvalue weighted by Gasteiger charge is -2.18. The van der Waals surface area contributed by atoms with E-state index in [2.05, 4.69) is 26.6 Å². The Morgan fingerprint density at radius 2 is 1.90 bits per heavy atom. The molecule has 0 bridgehead atoms. The first-order valence-electron chi connectivity index (χ1n) is 9.66. The van der Waals surface area contributed by atoms with Crippen LogP contribution >= 0.6 is 0 Å². The molecule has 0 aliphatic rings. The molecule has 0 saturated carbocycles. The minimum Gasteiger partial charge on any atom is -0.328 e. The van der Waals surface area contributed by atoms with Crippen LogP contribution in [0.5, 0.6) is 0 Å². The third-order valence-corrected chi connectivity index (χ3v) is 4.86. The Balaban J connectivity index is 1.31. The van der Waals surface area contributed by atoms with Crippen LogP contribution in [0.25, 0.3) is 22.2 Å². The summed E-state index contributed by atoms with van der Waals surface area (Å²) in [6.07, 6.45) is 3.40. The highest BCUT2D eigenvalue weighted by atomic mass is 16.2. The summed E-state index contributed by atoms with van der Waals surface area (Å²) in [5.74, 6) is 0. The second-order valence-electron chi connectivity index (χ2n) is 6.98. The molecule has 0 fully saturated rings. The van der Waals surface area contributed by atoms with Crippen molar-refractivity contribution in [2.75, 3.05) is 18.9 Å². The number of urea groups is 1. The zero-order valence-corrected chi connectivity index (χ0v) is 16.3. The molecule has 146 valence electrons. The van der Waals surface area contributed by atoms with E-state index in [4.69, 9.17) is 0 Å². The molecule has 2 amide bonds. The molecule has 0 radical (unpaired) electrons. The number of carbonyl (C=O) groups excluding carboxylic acids is 1. The fourth-order valence-electron chi connectivity index (χ4n) is 3.27. The van der Waals surface area contributed by atoms with Crippen LogP contribution in [0.15, 0.2) is 72.9 Å². The van der Waals surface area contributed by atoms with Gasteiger partial charge in [0.25, 0.3) is 0 Å². The number of nitrogens with zero attached hydrogens (tertiary/aromatic N) is 3. The van der Waals surface area contributed by atoms with Gasteiger partial charge in [-0.1, -0.05) is 48.5 Å². The van der Waals surface area contributed by atoms with Crippen molar-refractivity contribution in [2.24, 2.45) is 0 Å². The fraction of sp³-hybridized carbons (Fsp3) is 0.174. The summed E-state index contributed by atoms with van der Waals surface area (Å²) in [6, 6.07) is 21.6. The molecule has 6 nitrogen and oxygen atoms in total. The van der Waals surface area contributed by atoms with Gasteiger partial charge in [0.15, 0.2) is 0 Å². The number of hydrogen-bond acceptors (Lipinski definition) is 3. The van der Waals surface area contributed by atoms with Crippen molar-refractivity contribution in [3.05, 3.63) is 78.6 Å². The number of anilines is 1. The molecule has 6 heteroatoms. The predicted octanol–water partition coefficient (Wildman–Crippen LogP) is 4.72. The molecule has 29 heavy (non-hydrogen) atoms. The molecule has 0 aliphatic carbocycles. The van der Waals surface area contributed by atoms with E-state index in [-0.39, 0.29) is 6.03 Å². The topological polar surface area (TPSA) is 73.9 Å². The van der Waals surface area contributed by atoms with Crippen LogP contribution in [0, 0.1) is 0 Å². The van der Waals surface area contributed by atoms with Crippen molar-refractivity contribution in [3.63, 3.8) is 0 Å². The van der Waals surface area contributed by atoms with Gasteiger partial charge in [0, 0.05) is 36.4 Å².